The highest BCUT2D eigenvalue weighted by atomic mass is 19.1. The molecule has 0 atom stereocenters. The number of nitrogens with two attached hydrogens (primary N) is 2. The summed E-state index contributed by atoms with van der Waals surface area (Å²) in [7, 11) is 1.42. The summed E-state index contributed by atoms with van der Waals surface area (Å²) in [5.74, 6) is 5.27. The van der Waals surface area contributed by atoms with Crippen molar-refractivity contribution in [3.8, 4) is 5.75 Å². The Morgan fingerprint density at radius 3 is 2.42 bits per heavy atom. The molecule has 4 N–H and O–H groups in total. The summed E-state index contributed by atoms with van der Waals surface area (Å²) in [4.78, 5) is 26.9. The van der Waals surface area contributed by atoms with Gasteiger partial charge in [-0.05, 0) is 31.7 Å². The fraction of sp³-hybridized carbons (Fsp3) is 0.529. The van der Waals surface area contributed by atoms with E-state index in [0.29, 0.717) is 23.3 Å². The zero-order valence-electron chi connectivity index (χ0n) is 14.6. The minimum absolute atomic E-state index is 0.0470. The average Bonchev–Trinajstić information content (AvgIpc) is 3.46. The molecule has 1 aromatic heterocycles. The number of hydrogen-bond donors (Lipinski definition) is 2. The van der Waals surface area contributed by atoms with Gasteiger partial charge >= 0.3 is 5.69 Å². The van der Waals surface area contributed by atoms with Gasteiger partial charge in [0.15, 0.2) is 11.6 Å². The third-order valence-electron chi connectivity index (χ3n) is 5.26. The maximum atomic E-state index is 15.0. The Kier molecular flexibility index (Phi) is 3.91. The van der Waals surface area contributed by atoms with Gasteiger partial charge in [0.05, 0.1) is 12.5 Å². The van der Waals surface area contributed by atoms with E-state index in [1.165, 1.54) is 11.7 Å². The second-order valence-corrected chi connectivity index (χ2v) is 7.02. The summed E-state index contributed by atoms with van der Waals surface area (Å²) in [5.41, 5.74) is 5.20. The van der Waals surface area contributed by atoms with Crippen LogP contribution in [0.5, 0.6) is 5.75 Å². The Morgan fingerprint density at radius 2 is 1.85 bits per heavy atom. The molecule has 1 saturated heterocycles. The number of ether oxygens (including phenoxy) is 1. The first kappa shape index (κ1) is 16.9. The van der Waals surface area contributed by atoms with Crippen LogP contribution in [0.15, 0.2) is 15.7 Å². The monoisotopic (exact) mass is 363 g/mol. The predicted octanol–water partition coefficient (Wildman–Crippen LogP) is 0.287. The largest absolute Gasteiger partial charge is 0.492 e. The number of aromatic nitrogens is 2. The lowest BCUT2D eigenvalue weighted by atomic mass is 10.0. The molecule has 9 heteroatoms. The highest BCUT2D eigenvalue weighted by Crippen LogP contribution is 2.42. The molecule has 2 heterocycles. The van der Waals surface area contributed by atoms with E-state index in [-0.39, 0.29) is 28.9 Å². The van der Waals surface area contributed by atoms with E-state index in [2.05, 4.69) is 0 Å². The van der Waals surface area contributed by atoms with Crippen molar-refractivity contribution in [2.45, 2.75) is 37.8 Å². The Labute approximate surface area is 148 Å². The van der Waals surface area contributed by atoms with Gasteiger partial charge < -0.3 is 21.2 Å². The van der Waals surface area contributed by atoms with Crippen molar-refractivity contribution in [3.05, 3.63) is 32.7 Å². The average molecular weight is 363 g/mol. The summed E-state index contributed by atoms with van der Waals surface area (Å²) in [6, 6.07) is 1.20. The van der Waals surface area contributed by atoms with E-state index in [1.54, 1.807) is 0 Å². The molecule has 0 unspecified atom stereocenters. The number of fused-ring (bicyclic) bond motifs is 1. The van der Waals surface area contributed by atoms with Gasteiger partial charge in [-0.15, -0.1) is 0 Å². The van der Waals surface area contributed by atoms with E-state index in [1.807, 2.05) is 4.90 Å². The second kappa shape index (κ2) is 6.01. The first-order valence-electron chi connectivity index (χ1n) is 8.77. The number of halogens is 1. The summed E-state index contributed by atoms with van der Waals surface area (Å²) >= 11 is 0. The molecule has 1 aliphatic carbocycles. The van der Waals surface area contributed by atoms with Gasteiger partial charge in [0, 0.05) is 25.2 Å². The Hall–Kier alpha value is -2.55. The molecule has 1 aliphatic heterocycles. The molecule has 2 aliphatic rings. The summed E-state index contributed by atoms with van der Waals surface area (Å²) < 4.78 is 22.5. The molecular formula is C17H22FN5O3. The topological polar surface area (TPSA) is 109 Å². The molecule has 140 valence electrons. The second-order valence-electron chi connectivity index (χ2n) is 7.02. The van der Waals surface area contributed by atoms with Crippen LogP contribution in [0.1, 0.15) is 31.7 Å². The number of rotatable bonds is 3. The van der Waals surface area contributed by atoms with Gasteiger partial charge in [-0.1, -0.05) is 0 Å². The Bertz CT molecular complexity index is 987. The van der Waals surface area contributed by atoms with Crippen molar-refractivity contribution < 1.29 is 9.13 Å². The van der Waals surface area contributed by atoms with Gasteiger partial charge in [0.25, 0.3) is 5.56 Å². The van der Waals surface area contributed by atoms with Crippen LogP contribution in [-0.4, -0.2) is 35.5 Å². The van der Waals surface area contributed by atoms with Crippen LogP contribution in [-0.2, 0) is 0 Å². The van der Waals surface area contributed by atoms with Crippen LogP contribution in [0.3, 0.4) is 0 Å². The van der Waals surface area contributed by atoms with Gasteiger partial charge in [-0.2, -0.15) is 4.68 Å². The molecule has 0 bridgehead atoms. The van der Waals surface area contributed by atoms with E-state index in [4.69, 9.17) is 16.3 Å². The van der Waals surface area contributed by atoms with Gasteiger partial charge in [-0.25, -0.2) is 9.18 Å². The molecule has 26 heavy (non-hydrogen) atoms. The lowest BCUT2D eigenvalue weighted by molar-refractivity contribution is 0.407. The molecule has 1 saturated carbocycles. The standard InChI is InChI=1S/C17H22FN5O3/c1-26-15-13-11(16(24)23(20)17(25)22(13)10-2-3-10)8-12(18)14(15)21-6-4-9(19)5-7-21/h8-10H,2-7,19-20H2,1H3. The smallest absolute Gasteiger partial charge is 0.350 e. The number of methoxy groups -OCH3 is 1. The molecule has 0 amide bonds. The van der Waals surface area contributed by atoms with Crippen molar-refractivity contribution in [1.82, 2.24) is 9.24 Å². The van der Waals surface area contributed by atoms with Crippen LogP contribution < -0.4 is 32.5 Å². The van der Waals surface area contributed by atoms with Crippen LogP contribution in [0, 0.1) is 5.82 Å². The number of benzene rings is 1. The summed E-state index contributed by atoms with van der Waals surface area (Å²) in [6.07, 6.45) is 3.09. The van der Waals surface area contributed by atoms with Crippen LogP contribution in [0.4, 0.5) is 10.1 Å². The van der Waals surface area contributed by atoms with Crippen molar-refractivity contribution in [1.29, 1.82) is 0 Å². The SMILES string of the molecule is COc1c(N2CCC(N)CC2)c(F)cc2c(=O)n(N)c(=O)n(C3CC3)c12. The van der Waals surface area contributed by atoms with Crippen molar-refractivity contribution in [2.75, 3.05) is 30.9 Å². The first-order chi connectivity index (χ1) is 12.4. The highest BCUT2D eigenvalue weighted by molar-refractivity contribution is 5.91. The third-order valence-corrected chi connectivity index (χ3v) is 5.26. The number of nitrogens with zero attached hydrogens (tertiary/aromatic N) is 3. The van der Waals surface area contributed by atoms with E-state index < -0.39 is 17.1 Å². The normalized spacial score (nSPS) is 18.5. The van der Waals surface area contributed by atoms with Crippen LogP contribution in [0.25, 0.3) is 10.9 Å². The predicted molar refractivity (Wildman–Crippen MR) is 96.8 cm³/mol. The number of hydrogen-bond acceptors (Lipinski definition) is 6. The van der Waals surface area contributed by atoms with Crippen molar-refractivity contribution in [3.63, 3.8) is 0 Å². The quantitative estimate of drug-likeness (QED) is 0.759. The Balaban J connectivity index is 2.04. The van der Waals surface area contributed by atoms with Gasteiger partial charge in [-0.3, -0.25) is 9.36 Å². The van der Waals surface area contributed by atoms with Crippen molar-refractivity contribution >= 4 is 16.6 Å². The van der Waals surface area contributed by atoms with Gasteiger partial charge in [0.2, 0.25) is 0 Å². The molecule has 2 fully saturated rings. The maximum absolute atomic E-state index is 15.0. The maximum Gasteiger partial charge on any atom is 0.350 e. The third kappa shape index (κ3) is 2.45. The molecule has 8 nitrogen and oxygen atoms in total. The summed E-state index contributed by atoms with van der Waals surface area (Å²) in [5, 5.41) is 0.0470. The number of nitrogen functional groups attached to an aromatic ring is 1. The fourth-order valence-corrected chi connectivity index (χ4v) is 3.72. The molecule has 4 rings (SSSR count). The van der Waals surface area contributed by atoms with Gasteiger partial charge in [0.1, 0.15) is 11.2 Å². The zero-order valence-corrected chi connectivity index (χ0v) is 14.6. The molecular weight excluding hydrogens is 341 g/mol. The molecule has 0 spiro atoms. The Morgan fingerprint density at radius 1 is 1.19 bits per heavy atom. The number of anilines is 1. The first-order valence-corrected chi connectivity index (χ1v) is 8.77. The number of piperidine rings is 1. The van der Waals surface area contributed by atoms with E-state index >= 15 is 0 Å². The highest BCUT2D eigenvalue weighted by Gasteiger charge is 2.32. The molecule has 1 aromatic carbocycles. The molecule has 0 radical (unpaired) electrons. The van der Waals surface area contributed by atoms with Crippen LogP contribution in [0.2, 0.25) is 0 Å². The minimum Gasteiger partial charge on any atom is -0.492 e. The zero-order chi connectivity index (χ0) is 18.6. The van der Waals surface area contributed by atoms with Crippen LogP contribution >= 0.6 is 0 Å². The fourth-order valence-electron chi connectivity index (χ4n) is 3.72. The lowest BCUT2D eigenvalue weighted by Crippen LogP contribution is -2.45. The molecule has 2 aromatic rings. The lowest BCUT2D eigenvalue weighted by Gasteiger charge is -2.33. The van der Waals surface area contributed by atoms with E-state index in [9.17, 15) is 14.0 Å². The van der Waals surface area contributed by atoms with Crippen molar-refractivity contribution in [2.24, 2.45) is 5.73 Å². The minimum atomic E-state index is -0.730. The summed E-state index contributed by atoms with van der Waals surface area (Å²) in [6.45, 7) is 1.17. The van der Waals surface area contributed by atoms with E-state index in [0.717, 1.165) is 31.7 Å².